The molecule has 0 aliphatic carbocycles. The maximum atomic E-state index is 12.2. The number of rotatable bonds is 10. The van der Waals surface area contributed by atoms with Crippen LogP contribution in [0.3, 0.4) is 0 Å². The molecule has 0 spiro atoms. The minimum atomic E-state index is -0.896. The van der Waals surface area contributed by atoms with Gasteiger partial charge in [0.2, 0.25) is 0 Å². The third-order valence-corrected chi connectivity index (χ3v) is 4.37. The van der Waals surface area contributed by atoms with E-state index >= 15 is 0 Å². The summed E-state index contributed by atoms with van der Waals surface area (Å²) in [6, 6.07) is 7.48. The number of unbranched alkanes of at least 4 members (excludes halogenated alkanes) is 1. The molecule has 32 heavy (non-hydrogen) atoms. The predicted molar refractivity (Wildman–Crippen MR) is 125 cm³/mol. The molecule has 0 aliphatic heterocycles. The first-order chi connectivity index (χ1) is 14.8. The van der Waals surface area contributed by atoms with E-state index in [9.17, 15) is 9.90 Å². The summed E-state index contributed by atoms with van der Waals surface area (Å²) in [5, 5.41) is 20.3. The lowest BCUT2D eigenvalue weighted by atomic mass is 10.1. The number of aryl methyl sites for hydroxylation is 1. The largest absolute Gasteiger partial charge is 0.491 e. The van der Waals surface area contributed by atoms with Crippen LogP contribution in [0.25, 0.3) is 0 Å². The average Bonchev–Trinajstić information content (AvgIpc) is 2.75. The average molecular weight is 488 g/mol. The van der Waals surface area contributed by atoms with Crippen molar-refractivity contribution >= 4 is 47.5 Å². The van der Waals surface area contributed by atoms with Crippen LogP contribution >= 0.6 is 24.0 Å². The van der Waals surface area contributed by atoms with E-state index in [-0.39, 0.29) is 54.1 Å². The summed E-state index contributed by atoms with van der Waals surface area (Å²) in [5.74, 6) is -0.349. The zero-order valence-corrected chi connectivity index (χ0v) is 18.8. The number of aliphatic hydroxyl groups is 2. The lowest BCUT2D eigenvalue weighted by molar-refractivity contribution is 0.0536. The van der Waals surface area contributed by atoms with Gasteiger partial charge in [0.25, 0.3) is 5.91 Å². The number of nitrogens with one attached hydrogen (secondary N) is 1. The van der Waals surface area contributed by atoms with E-state index in [0.29, 0.717) is 12.3 Å². The van der Waals surface area contributed by atoms with E-state index in [4.69, 9.17) is 38.6 Å². The number of nitrogens with two attached hydrogens (primary N) is 3. The first-order valence-electron chi connectivity index (χ1n) is 9.50. The van der Waals surface area contributed by atoms with Crippen LogP contribution in [-0.2, 0) is 6.42 Å². The van der Waals surface area contributed by atoms with Crippen molar-refractivity contribution in [1.82, 2.24) is 15.3 Å². The highest BCUT2D eigenvalue weighted by molar-refractivity contribution is 6.31. The molecular formula is C19H27Cl2N7O4. The van der Waals surface area contributed by atoms with Gasteiger partial charge in [-0.15, -0.1) is 12.4 Å². The molecule has 0 bridgehead atoms. The molecule has 2 rings (SSSR count). The highest BCUT2D eigenvalue weighted by Gasteiger charge is 2.16. The highest BCUT2D eigenvalue weighted by atomic mass is 35.5. The van der Waals surface area contributed by atoms with Crippen molar-refractivity contribution in [2.24, 2.45) is 10.7 Å². The Hall–Kier alpha value is -2.86. The van der Waals surface area contributed by atoms with Gasteiger partial charge >= 0.3 is 0 Å². The monoisotopic (exact) mass is 487 g/mol. The highest BCUT2D eigenvalue weighted by Crippen LogP contribution is 2.17. The number of aliphatic hydroxyl groups excluding tert-OH is 2. The molecule has 0 unspecified atom stereocenters. The lowest BCUT2D eigenvalue weighted by Crippen LogP contribution is -2.38. The molecule has 0 radical (unpaired) electrons. The van der Waals surface area contributed by atoms with E-state index in [1.807, 2.05) is 24.3 Å². The van der Waals surface area contributed by atoms with Crippen LogP contribution in [-0.4, -0.2) is 57.9 Å². The van der Waals surface area contributed by atoms with E-state index < -0.39 is 12.0 Å². The van der Waals surface area contributed by atoms with Gasteiger partial charge in [-0.3, -0.25) is 15.1 Å². The topological polar surface area (TPSA) is 195 Å². The lowest BCUT2D eigenvalue weighted by Gasteiger charge is -2.10. The summed E-state index contributed by atoms with van der Waals surface area (Å²) >= 11 is 5.76. The number of aromatic nitrogens is 2. The van der Waals surface area contributed by atoms with Gasteiger partial charge in [-0.1, -0.05) is 23.7 Å². The zero-order valence-electron chi connectivity index (χ0n) is 17.2. The van der Waals surface area contributed by atoms with Crippen molar-refractivity contribution in [3.8, 4) is 5.75 Å². The van der Waals surface area contributed by atoms with Crippen LogP contribution < -0.4 is 27.3 Å². The number of halogens is 2. The molecule has 1 aromatic carbocycles. The molecule has 9 N–H and O–H groups in total. The van der Waals surface area contributed by atoms with Crippen LogP contribution in [0.1, 0.15) is 28.9 Å². The van der Waals surface area contributed by atoms with Gasteiger partial charge in [0, 0.05) is 6.54 Å². The molecular weight excluding hydrogens is 461 g/mol. The number of anilines is 2. The van der Waals surface area contributed by atoms with Crippen LogP contribution in [0.4, 0.5) is 11.6 Å². The Morgan fingerprint density at radius 1 is 1.19 bits per heavy atom. The Kier molecular flexibility index (Phi) is 11.5. The molecule has 1 heterocycles. The number of hydrogen-bond acceptors (Lipinski definition) is 9. The summed E-state index contributed by atoms with van der Waals surface area (Å²) in [6.45, 7) is 0.124. The standard InChI is InChI=1S/C19H26ClN7O4.ClH/c20-15-17(22)26-16(21)14(25-15)18(30)27-19(23)24-8-2-1-3-11-4-6-13(7-5-11)31-10-12(29)9-28;/h4-7,12,28-29H,1-3,8-10H2,(H4,21,22,26)(H3,23,24,27,30);1H/t12-;/m0./s1. The fraction of sp³-hybridized carbons (Fsp3) is 0.368. The molecule has 13 heteroatoms. The van der Waals surface area contributed by atoms with Gasteiger partial charge in [0.15, 0.2) is 28.4 Å². The van der Waals surface area contributed by atoms with Crippen LogP contribution in [0, 0.1) is 0 Å². The Morgan fingerprint density at radius 2 is 1.88 bits per heavy atom. The SMILES string of the molecule is Cl.NC(=NCCCCc1ccc(OC[C@@H](O)CO)cc1)NC(=O)c1nc(Cl)c(N)nc1N. The van der Waals surface area contributed by atoms with Gasteiger partial charge in [0.1, 0.15) is 18.5 Å². The molecule has 2 aromatic rings. The van der Waals surface area contributed by atoms with Gasteiger partial charge in [-0.2, -0.15) is 0 Å². The molecule has 1 amide bonds. The summed E-state index contributed by atoms with van der Waals surface area (Å²) in [4.78, 5) is 23.8. The molecule has 0 fully saturated rings. The van der Waals surface area contributed by atoms with E-state index in [1.165, 1.54) is 0 Å². The second-order valence-corrected chi connectivity index (χ2v) is 6.96. The number of amides is 1. The maximum Gasteiger partial charge on any atom is 0.280 e. The first-order valence-corrected chi connectivity index (χ1v) is 9.88. The summed E-state index contributed by atoms with van der Waals surface area (Å²) in [7, 11) is 0. The Balaban J connectivity index is 0.00000512. The van der Waals surface area contributed by atoms with Crippen molar-refractivity contribution in [3.05, 3.63) is 40.7 Å². The normalized spacial score (nSPS) is 12.0. The number of carbonyl (C=O) groups excluding carboxylic acids is 1. The summed E-state index contributed by atoms with van der Waals surface area (Å²) < 4.78 is 5.36. The Bertz CT molecular complexity index is 913. The Morgan fingerprint density at radius 3 is 2.53 bits per heavy atom. The van der Waals surface area contributed by atoms with Crippen molar-refractivity contribution in [1.29, 1.82) is 0 Å². The molecule has 0 aliphatic rings. The van der Waals surface area contributed by atoms with Crippen LogP contribution in [0.15, 0.2) is 29.3 Å². The van der Waals surface area contributed by atoms with Crippen LogP contribution in [0.2, 0.25) is 5.15 Å². The van der Waals surface area contributed by atoms with Crippen molar-refractivity contribution in [2.45, 2.75) is 25.4 Å². The summed E-state index contributed by atoms with van der Waals surface area (Å²) in [5.41, 5.74) is 17.8. The number of aliphatic imine (C=N–C) groups is 1. The number of guanidine groups is 1. The van der Waals surface area contributed by atoms with E-state index in [0.717, 1.165) is 24.8 Å². The second-order valence-electron chi connectivity index (χ2n) is 6.60. The minimum Gasteiger partial charge on any atom is -0.491 e. The number of carbonyl (C=O) groups is 1. The van der Waals surface area contributed by atoms with Crippen molar-refractivity contribution in [2.75, 3.05) is 31.2 Å². The van der Waals surface area contributed by atoms with Crippen LogP contribution in [0.5, 0.6) is 5.75 Å². The molecule has 0 saturated heterocycles. The summed E-state index contributed by atoms with van der Waals surface area (Å²) in [6.07, 6.45) is 1.55. The zero-order chi connectivity index (χ0) is 22.8. The fourth-order valence-corrected chi connectivity index (χ4v) is 2.59. The molecule has 11 nitrogen and oxygen atoms in total. The smallest absolute Gasteiger partial charge is 0.280 e. The first kappa shape index (κ1) is 27.2. The van der Waals surface area contributed by atoms with Gasteiger partial charge < -0.3 is 32.2 Å². The number of nitrogens with zero attached hydrogens (tertiary/aromatic N) is 3. The van der Waals surface area contributed by atoms with Crippen molar-refractivity contribution in [3.63, 3.8) is 0 Å². The van der Waals surface area contributed by atoms with Gasteiger partial charge in [0.05, 0.1) is 6.61 Å². The second kappa shape index (κ2) is 13.5. The molecule has 1 aromatic heterocycles. The molecule has 1 atom stereocenters. The third-order valence-electron chi connectivity index (χ3n) is 4.09. The van der Waals surface area contributed by atoms with E-state index in [2.05, 4.69) is 20.3 Å². The van der Waals surface area contributed by atoms with Gasteiger partial charge in [-0.05, 0) is 37.0 Å². The van der Waals surface area contributed by atoms with Crippen molar-refractivity contribution < 1.29 is 19.7 Å². The quantitative estimate of drug-likeness (QED) is 0.157. The molecule has 176 valence electrons. The number of hydrogen-bond donors (Lipinski definition) is 6. The number of ether oxygens (including phenoxy) is 1. The number of nitrogen functional groups attached to an aromatic ring is 2. The number of benzene rings is 1. The van der Waals surface area contributed by atoms with Gasteiger partial charge in [-0.25, -0.2) is 9.97 Å². The minimum absolute atomic E-state index is 0. The van der Waals surface area contributed by atoms with E-state index in [1.54, 1.807) is 0 Å². The molecule has 0 saturated carbocycles. The predicted octanol–water partition coefficient (Wildman–Crippen LogP) is 0.516. The third kappa shape index (κ3) is 8.71. The fourth-order valence-electron chi connectivity index (χ4n) is 2.46. The maximum absolute atomic E-state index is 12.2. The Labute approximate surface area is 196 Å².